The van der Waals surface area contributed by atoms with Gasteiger partial charge < -0.3 is 10.1 Å². The highest BCUT2D eigenvalue weighted by Gasteiger charge is 2.11. The number of hydrogen-bond donors (Lipinski definition) is 1. The van der Waals surface area contributed by atoms with Gasteiger partial charge in [-0.2, -0.15) is 0 Å². The first-order valence-electron chi connectivity index (χ1n) is 8.87. The van der Waals surface area contributed by atoms with Crippen LogP contribution in [0.3, 0.4) is 0 Å². The van der Waals surface area contributed by atoms with Crippen molar-refractivity contribution in [3.8, 4) is 17.1 Å². The molecule has 4 aromatic rings. The molecule has 6 heteroatoms. The maximum absolute atomic E-state index is 11.3. The molecule has 0 aliphatic heterocycles. The number of benzene rings is 2. The number of pyridine rings is 1. The monoisotopic (exact) mass is 370 g/mol. The summed E-state index contributed by atoms with van der Waals surface area (Å²) in [6.07, 6.45) is 3.44. The van der Waals surface area contributed by atoms with Crippen LogP contribution in [-0.2, 0) is 11.3 Å². The van der Waals surface area contributed by atoms with Crippen molar-refractivity contribution in [2.24, 2.45) is 0 Å². The Morgan fingerprint density at radius 2 is 1.89 bits per heavy atom. The van der Waals surface area contributed by atoms with Crippen LogP contribution < -0.4 is 10.1 Å². The average Bonchev–Trinajstić information content (AvgIpc) is 2.73. The molecule has 28 heavy (non-hydrogen) atoms. The quantitative estimate of drug-likeness (QED) is 0.418. The fraction of sp³-hybridized carbons (Fsp3) is 0.0909. The zero-order valence-electron chi connectivity index (χ0n) is 15.3. The normalized spacial score (nSPS) is 10.6. The lowest BCUT2D eigenvalue weighted by atomic mass is 10.2. The molecule has 6 nitrogen and oxygen atoms in total. The highest BCUT2D eigenvalue weighted by Crippen LogP contribution is 2.28. The van der Waals surface area contributed by atoms with Crippen LogP contribution in [0.1, 0.15) is 12.5 Å². The maximum Gasteiger partial charge on any atom is 0.308 e. The van der Waals surface area contributed by atoms with Gasteiger partial charge in [0.05, 0.1) is 5.52 Å². The van der Waals surface area contributed by atoms with Crippen LogP contribution in [-0.4, -0.2) is 20.9 Å². The van der Waals surface area contributed by atoms with Gasteiger partial charge in [-0.25, -0.2) is 9.97 Å². The SMILES string of the molecule is CC(=O)Oc1ccc2nc(-c3cccnc3)nc(NCc3ccccc3)c2c1. The van der Waals surface area contributed by atoms with E-state index in [1.54, 1.807) is 24.5 Å². The maximum atomic E-state index is 11.3. The molecule has 0 fully saturated rings. The molecule has 2 heterocycles. The van der Waals surface area contributed by atoms with E-state index in [9.17, 15) is 4.79 Å². The first kappa shape index (κ1) is 17.6. The summed E-state index contributed by atoms with van der Waals surface area (Å²) in [5.41, 5.74) is 2.71. The lowest BCUT2D eigenvalue weighted by Crippen LogP contribution is -2.05. The summed E-state index contributed by atoms with van der Waals surface area (Å²) in [5.74, 6) is 1.34. The molecule has 0 saturated carbocycles. The van der Waals surface area contributed by atoms with Gasteiger partial charge >= 0.3 is 5.97 Å². The number of aromatic nitrogens is 3. The third kappa shape index (κ3) is 3.96. The molecule has 2 aromatic carbocycles. The average molecular weight is 370 g/mol. The minimum absolute atomic E-state index is 0.369. The number of esters is 1. The molecular weight excluding hydrogens is 352 g/mol. The van der Waals surface area contributed by atoms with Crippen LogP contribution in [0.25, 0.3) is 22.3 Å². The summed E-state index contributed by atoms with van der Waals surface area (Å²) in [7, 11) is 0. The highest BCUT2D eigenvalue weighted by molar-refractivity contribution is 5.92. The molecule has 138 valence electrons. The molecule has 0 atom stereocenters. The van der Waals surface area contributed by atoms with Crippen LogP contribution >= 0.6 is 0 Å². The fourth-order valence-corrected chi connectivity index (χ4v) is 2.88. The molecule has 0 spiro atoms. The Bertz CT molecular complexity index is 1120. The van der Waals surface area contributed by atoms with Crippen molar-refractivity contribution in [1.29, 1.82) is 0 Å². The van der Waals surface area contributed by atoms with Gasteiger partial charge in [-0.1, -0.05) is 30.3 Å². The second-order valence-electron chi connectivity index (χ2n) is 6.25. The number of hydrogen-bond acceptors (Lipinski definition) is 6. The van der Waals surface area contributed by atoms with Gasteiger partial charge in [-0.15, -0.1) is 0 Å². The van der Waals surface area contributed by atoms with Crippen LogP contribution in [0.2, 0.25) is 0 Å². The smallest absolute Gasteiger partial charge is 0.308 e. The number of nitrogens with zero attached hydrogens (tertiary/aromatic N) is 3. The minimum Gasteiger partial charge on any atom is -0.427 e. The third-order valence-electron chi connectivity index (χ3n) is 4.15. The molecule has 0 aliphatic rings. The predicted octanol–water partition coefficient (Wildman–Crippen LogP) is 4.23. The van der Waals surface area contributed by atoms with Gasteiger partial charge in [0.25, 0.3) is 0 Å². The van der Waals surface area contributed by atoms with Gasteiger partial charge in [0.2, 0.25) is 0 Å². The summed E-state index contributed by atoms with van der Waals surface area (Å²) < 4.78 is 5.22. The van der Waals surface area contributed by atoms with Crippen LogP contribution in [0.4, 0.5) is 5.82 Å². The predicted molar refractivity (Wildman–Crippen MR) is 108 cm³/mol. The Morgan fingerprint density at radius 1 is 1.04 bits per heavy atom. The summed E-state index contributed by atoms with van der Waals surface area (Å²) in [6, 6.07) is 19.2. The van der Waals surface area contributed by atoms with E-state index >= 15 is 0 Å². The van der Waals surface area contributed by atoms with Gasteiger partial charge in [0, 0.05) is 36.8 Å². The fourth-order valence-electron chi connectivity index (χ4n) is 2.88. The van der Waals surface area contributed by atoms with Crippen molar-refractivity contribution in [1.82, 2.24) is 15.0 Å². The van der Waals surface area contributed by atoms with Crippen molar-refractivity contribution in [2.45, 2.75) is 13.5 Å². The molecular formula is C22H18N4O2. The molecule has 0 unspecified atom stereocenters. The molecule has 0 bridgehead atoms. The van der Waals surface area contributed by atoms with Gasteiger partial charge in [0.1, 0.15) is 11.6 Å². The second-order valence-corrected chi connectivity index (χ2v) is 6.25. The van der Waals surface area contributed by atoms with Crippen LogP contribution in [0, 0.1) is 0 Å². The molecule has 1 N–H and O–H groups in total. The zero-order valence-corrected chi connectivity index (χ0v) is 15.3. The lowest BCUT2D eigenvalue weighted by molar-refractivity contribution is -0.131. The molecule has 0 saturated heterocycles. The van der Waals surface area contributed by atoms with E-state index in [-0.39, 0.29) is 5.97 Å². The van der Waals surface area contributed by atoms with Crippen molar-refractivity contribution in [3.05, 3.63) is 78.6 Å². The number of carbonyl (C=O) groups is 1. The molecule has 0 amide bonds. The third-order valence-corrected chi connectivity index (χ3v) is 4.15. The number of fused-ring (bicyclic) bond motifs is 1. The van der Waals surface area contributed by atoms with Gasteiger partial charge in [-0.05, 0) is 35.9 Å². The summed E-state index contributed by atoms with van der Waals surface area (Å²) in [6.45, 7) is 1.98. The summed E-state index contributed by atoms with van der Waals surface area (Å²) >= 11 is 0. The van der Waals surface area contributed by atoms with Crippen LogP contribution in [0.15, 0.2) is 73.1 Å². The minimum atomic E-state index is -0.369. The van der Waals surface area contributed by atoms with E-state index in [1.165, 1.54) is 6.92 Å². The van der Waals surface area contributed by atoms with Gasteiger partial charge in [-0.3, -0.25) is 9.78 Å². The number of carbonyl (C=O) groups excluding carboxylic acids is 1. The largest absolute Gasteiger partial charge is 0.427 e. The van der Waals surface area contributed by atoms with Gasteiger partial charge in [0.15, 0.2) is 5.82 Å². The molecule has 0 aliphatic carbocycles. The van der Waals surface area contributed by atoms with E-state index < -0.39 is 0 Å². The lowest BCUT2D eigenvalue weighted by Gasteiger charge is -2.12. The molecule has 2 aromatic heterocycles. The Morgan fingerprint density at radius 3 is 2.64 bits per heavy atom. The van der Waals surface area contributed by atoms with Crippen molar-refractivity contribution in [3.63, 3.8) is 0 Å². The number of nitrogens with one attached hydrogen (secondary N) is 1. The Hall–Kier alpha value is -3.80. The Balaban J connectivity index is 1.78. The van der Waals surface area contributed by atoms with Crippen molar-refractivity contribution in [2.75, 3.05) is 5.32 Å². The molecule has 4 rings (SSSR count). The second kappa shape index (κ2) is 7.84. The number of ether oxygens (including phenoxy) is 1. The zero-order chi connectivity index (χ0) is 19.3. The first-order valence-corrected chi connectivity index (χ1v) is 8.87. The Kier molecular flexibility index (Phi) is 4.93. The summed E-state index contributed by atoms with van der Waals surface area (Å²) in [4.78, 5) is 24.8. The number of anilines is 1. The topological polar surface area (TPSA) is 77.0 Å². The molecule has 0 radical (unpaired) electrons. The van der Waals surface area contributed by atoms with Crippen molar-refractivity contribution >= 4 is 22.7 Å². The van der Waals surface area contributed by atoms with E-state index in [2.05, 4.69) is 15.3 Å². The van der Waals surface area contributed by atoms with E-state index in [0.717, 1.165) is 22.0 Å². The standard InChI is InChI=1S/C22H18N4O2/c1-15(27)28-18-9-10-20-19(12-18)22(24-13-16-6-3-2-4-7-16)26-21(25-20)17-8-5-11-23-14-17/h2-12,14H,13H2,1H3,(H,24,25,26). The first-order chi connectivity index (χ1) is 13.7. The summed E-state index contributed by atoms with van der Waals surface area (Å²) in [5, 5.41) is 4.16. The number of rotatable bonds is 5. The highest BCUT2D eigenvalue weighted by atomic mass is 16.5. The van der Waals surface area contributed by atoms with E-state index in [4.69, 9.17) is 9.72 Å². The van der Waals surface area contributed by atoms with E-state index in [1.807, 2.05) is 48.5 Å². The van der Waals surface area contributed by atoms with E-state index in [0.29, 0.717) is 23.9 Å². The Labute approximate surface area is 162 Å². The van der Waals surface area contributed by atoms with Crippen molar-refractivity contribution < 1.29 is 9.53 Å². The van der Waals surface area contributed by atoms with Crippen LogP contribution in [0.5, 0.6) is 5.75 Å².